The molecule has 1 aliphatic heterocycles. The Morgan fingerprint density at radius 2 is 1.59 bits per heavy atom. The lowest BCUT2D eigenvalue weighted by atomic mass is 10.2. The first kappa shape index (κ1) is 26.6. The topological polar surface area (TPSA) is 105 Å². The zero-order valence-electron chi connectivity index (χ0n) is 22.7. The van der Waals surface area contributed by atoms with E-state index in [4.69, 9.17) is 4.74 Å². The number of ether oxygens (including phenoxy) is 1. The van der Waals surface area contributed by atoms with Crippen molar-refractivity contribution in [1.82, 2.24) is 19.7 Å². The Bertz CT molecular complexity index is 1740. The fraction of sp³-hybridized carbons (Fsp3) is 0.233. The molecule has 1 fully saturated rings. The van der Waals surface area contributed by atoms with E-state index in [0.29, 0.717) is 30.9 Å². The molecule has 5 aromatic rings. The van der Waals surface area contributed by atoms with Gasteiger partial charge in [0, 0.05) is 26.2 Å². The number of nitrogens with zero attached hydrogens (tertiary/aromatic N) is 6. The molecule has 0 saturated carbocycles. The van der Waals surface area contributed by atoms with Crippen LogP contribution in [0.1, 0.15) is 5.56 Å². The van der Waals surface area contributed by atoms with Crippen LogP contribution in [0.3, 0.4) is 0 Å². The van der Waals surface area contributed by atoms with Gasteiger partial charge in [-0.1, -0.05) is 48.5 Å². The molecule has 6 rings (SSSR count). The van der Waals surface area contributed by atoms with Crippen molar-refractivity contribution in [3.63, 3.8) is 0 Å². The van der Waals surface area contributed by atoms with Crippen molar-refractivity contribution in [2.45, 2.75) is 6.42 Å². The molecule has 0 radical (unpaired) electrons. The number of hydrogen-bond acceptors (Lipinski definition) is 8. The van der Waals surface area contributed by atoms with Crippen LogP contribution < -0.4 is 19.3 Å². The molecule has 210 valence electrons. The lowest BCUT2D eigenvalue weighted by Gasteiger charge is -2.37. The lowest BCUT2D eigenvalue weighted by molar-refractivity contribution is 0.413. The summed E-state index contributed by atoms with van der Waals surface area (Å²) in [6.07, 6.45) is 3.85. The van der Waals surface area contributed by atoms with E-state index >= 15 is 0 Å². The number of aromatic nitrogens is 4. The highest BCUT2D eigenvalue weighted by atomic mass is 32.2. The summed E-state index contributed by atoms with van der Waals surface area (Å²) in [5.74, 6) is 1.55. The number of rotatable bonds is 9. The van der Waals surface area contributed by atoms with Crippen LogP contribution in [-0.4, -0.2) is 67.2 Å². The van der Waals surface area contributed by atoms with Gasteiger partial charge >= 0.3 is 0 Å². The molecule has 2 aromatic heterocycles. The fourth-order valence-corrected chi connectivity index (χ4v) is 6.22. The Labute approximate surface area is 239 Å². The van der Waals surface area contributed by atoms with E-state index in [1.807, 2.05) is 83.7 Å². The largest absolute Gasteiger partial charge is 0.495 e. The van der Waals surface area contributed by atoms with Gasteiger partial charge in [0.1, 0.15) is 17.9 Å². The van der Waals surface area contributed by atoms with Crippen LogP contribution in [0, 0.1) is 0 Å². The van der Waals surface area contributed by atoms with E-state index < -0.39 is 10.0 Å². The Morgan fingerprint density at radius 1 is 0.878 bits per heavy atom. The monoisotopic (exact) mass is 569 g/mol. The normalized spacial score (nSPS) is 13.9. The fourth-order valence-electron chi connectivity index (χ4n) is 5.13. The molecule has 1 aliphatic rings. The van der Waals surface area contributed by atoms with Crippen molar-refractivity contribution in [2.24, 2.45) is 0 Å². The second-order valence-electron chi connectivity index (χ2n) is 9.84. The van der Waals surface area contributed by atoms with Crippen molar-refractivity contribution >= 4 is 38.2 Å². The summed E-state index contributed by atoms with van der Waals surface area (Å²) in [5, 5.41) is 5.48. The number of aryl methyl sites for hydroxylation is 1. The molecule has 41 heavy (non-hydrogen) atoms. The number of hydrogen-bond donors (Lipinski definition) is 1. The van der Waals surface area contributed by atoms with Crippen molar-refractivity contribution in [1.29, 1.82) is 0 Å². The molecule has 1 saturated heterocycles. The molecular weight excluding hydrogens is 538 g/mol. The summed E-state index contributed by atoms with van der Waals surface area (Å²) in [6, 6.07) is 24.9. The van der Waals surface area contributed by atoms with Crippen molar-refractivity contribution in [2.75, 3.05) is 53.6 Å². The molecule has 0 atom stereocenters. The highest BCUT2D eigenvalue weighted by Gasteiger charge is 2.24. The van der Waals surface area contributed by atoms with Gasteiger partial charge in [0.15, 0.2) is 5.65 Å². The van der Waals surface area contributed by atoms with Crippen LogP contribution >= 0.6 is 0 Å². The number of methoxy groups -OCH3 is 1. The molecule has 1 N–H and O–H groups in total. The molecular formula is C30H31N7O3S. The number of piperazine rings is 1. The first-order valence-corrected chi connectivity index (χ1v) is 15.1. The maximum Gasteiger partial charge on any atom is 0.233 e. The van der Waals surface area contributed by atoms with Gasteiger partial charge in [-0.2, -0.15) is 5.10 Å². The van der Waals surface area contributed by atoms with Gasteiger partial charge in [-0.15, -0.1) is 0 Å². The Hall–Kier alpha value is -4.64. The van der Waals surface area contributed by atoms with Crippen molar-refractivity contribution in [3.8, 4) is 11.4 Å². The van der Waals surface area contributed by atoms with E-state index in [0.717, 1.165) is 46.9 Å². The standard InChI is InChI=1S/C30H31N7O3S/c1-40-28-13-12-24(34-41(38,39)19-14-23-8-4-2-5-9-23)20-27(28)35-15-17-36(18-16-35)29-26-21-33-37(30(26)32-22-31-29)25-10-6-3-7-11-25/h2-13,20-22,34H,14-19H2,1H3. The van der Waals surface area contributed by atoms with Gasteiger partial charge in [0.2, 0.25) is 10.0 Å². The van der Waals surface area contributed by atoms with Crippen LogP contribution in [-0.2, 0) is 16.4 Å². The maximum absolute atomic E-state index is 12.8. The molecule has 10 nitrogen and oxygen atoms in total. The molecule has 0 bridgehead atoms. The second-order valence-corrected chi connectivity index (χ2v) is 11.7. The maximum atomic E-state index is 12.8. The van der Waals surface area contributed by atoms with E-state index in [2.05, 4.69) is 29.6 Å². The predicted octanol–water partition coefficient (Wildman–Crippen LogP) is 4.14. The van der Waals surface area contributed by atoms with Gasteiger partial charge in [-0.05, 0) is 42.3 Å². The molecule has 3 heterocycles. The summed E-state index contributed by atoms with van der Waals surface area (Å²) in [5.41, 5.74) is 4.05. The lowest BCUT2D eigenvalue weighted by Crippen LogP contribution is -2.47. The first-order valence-electron chi connectivity index (χ1n) is 13.5. The van der Waals surface area contributed by atoms with E-state index in [-0.39, 0.29) is 5.75 Å². The molecule has 0 aliphatic carbocycles. The Kier molecular flexibility index (Phi) is 7.43. The first-order chi connectivity index (χ1) is 20.0. The van der Waals surface area contributed by atoms with Crippen LogP contribution in [0.15, 0.2) is 91.4 Å². The second kappa shape index (κ2) is 11.5. The minimum absolute atomic E-state index is 0.00527. The van der Waals surface area contributed by atoms with Crippen LogP contribution in [0.4, 0.5) is 17.2 Å². The average molecular weight is 570 g/mol. The number of anilines is 3. The molecule has 0 unspecified atom stereocenters. The summed E-state index contributed by atoms with van der Waals surface area (Å²) < 4.78 is 35.9. The zero-order valence-corrected chi connectivity index (χ0v) is 23.5. The number of nitrogens with one attached hydrogen (secondary N) is 1. The zero-order chi connectivity index (χ0) is 28.2. The predicted molar refractivity (Wildman–Crippen MR) is 162 cm³/mol. The van der Waals surface area contributed by atoms with Crippen LogP contribution in [0.2, 0.25) is 0 Å². The number of para-hydroxylation sites is 1. The van der Waals surface area contributed by atoms with E-state index in [1.54, 1.807) is 19.5 Å². The third-order valence-corrected chi connectivity index (χ3v) is 8.51. The molecule has 0 spiro atoms. The Balaban J connectivity index is 1.16. The van der Waals surface area contributed by atoms with E-state index in [1.165, 1.54) is 0 Å². The van der Waals surface area contributed by atoms with Gasteiger partial charge in [0.25, 0.3) is 0 Å². The molecule has 3 aromatic carbocycles. The van der Waals surface area contributed by atoms with Crippen LogP contribution in [0.5, 0.6) is 5.75 Å². The van der Waals surface area contributed by atoms with Crippen molar-refractivity contribution < 1.29 is 13.2 Å². The molecule has 11 heteroatoms. The summed E-state index contributed by atoms with van der Waals surface area (Å²) in [6.45, 7) is 2.86. The van der Waals surface area contributed by atoms with Gasteiger partial charge in [-0.3, -0.25) is 4.72 Å². The molecule has 0 amide bonds. The summed E-state index contributed by atoms with van der Waals surface area (Å²) >= 11 is 0. The van der Waals surface area contributed by atoms with E-state index in [9.17, 15) is 8.42 Å². The third kappa shape index (κ3) is 5.80. The van der Waals surface area contributed by atoms with Crippen molar-refractivity contribution in [3.05, 3.63) is 97.0 Å². The van der Waals surface area contributed by atoms with Gasteiger partial charge in [0.05, 0.1) is 41.5 Å². The Morgan fingerprint density at radius 3 is 2.32 bits per heavy atom. The quantitative estimate of drug-likeness (QED) is 0.283. The summed E-state index contributed by atoms with van der Waals surface area (Å²) in [4.78, 5) is 13.6. The number of benzene rings is 3. The smallest absolute Gasteiger partial charge is 0.233 e. The average Bonchev–Trinajstić information content (AvgIpc) is 3.46. The number of fused-ring (bicyclic) bond motifs is 1. The third-order valence-electron chi connectivity index (χ3n) is 7.22. The SMILES string of the molecule is COc1ccc(NS(=O)(=O)CCc2ccccc2)cc1N1CCN(c2ncnc3c2cnn3-c2ccccc2)CC1. The van der Waals surface area contributed by atoms with Crippen LogP contribution in [0.25, 0.3) is 16.7 Å². The number of sulfonamides is 1. The van der Waals surface area contributed by atoms with Gasteiger partial charge < -0.3 is 14.5 Å². The minimum atomic E-state index is -3.52. The summed E-state index contributed by atoms with van der Waals surface area (Å²) in [7, 11) is -1.90. The highest BCUT2D eigenvalue weighted by molar-refractivity contribution is 7.92. The highest BCUT2D eigenvalue weighted by Crippen LogP contribution is 2.33. The minimum Gasteiger partial charge on any atom is -0.495 e. The van der Waals surface area contributed by atoms with Gasteiger partial charge in [-0.25, -0.2) is 23.1 Å².